The van der Waals surface area contributed by atoms with E-state index in [0.717, 1.165) is 5.57 Å². The number of rotatable bonds is 3. The standard InChI is InChI=1S/C16H25NO/c1-12(2)8-9-15(18)17-11-14-13(3)7-6-10-16(14,4)5/h9H,6-7,10-11H2,1-5H3,(H,17,18). The Labute approximate surface area is 111 Å². The van der Waals surface area contributed by atoms with Crippen LogP contribution in [0, 0.1) is 5.41 Å². The van der Waals surface area contributed by atoms with Gasteiger partial charge in [0.15, 0.2) is 0 Å². The van der Waals surface area contributed by atoms with Gasteiger partial charge in [0.25, 0.3) is 5.91 Å². The number of hydrogen-bond donors (Lipinski definition) is 1. The van der Waals surface area contributed by atoms with Gasteiger partial charge in [0.1, 0.15) is 0 Å². The van der Waals surface area contributed by atoms with Crippen molar-refractivity contribution in [2.75, 3.05) is 6.54 Å². The minimum absolute atomic E-state index is 0.0575. The molecule has 100 valence electrons. The Kier molecular flexibility index (Phi) is 4.98. The predicted octanol–water partition coefficient (Wildman–Crippen LogP) is 3.75. The van der Waals surface area contributed by atoms with Gasteiger partial charge in [0.2, 0.25) is 0 Å². The van der Waals surface area contributed by atoms with Crippen LogP contribution in [0.4, 0.5) is 0 Å². The maximum absolute atomic E-state index is 11.6. The van der Waals surface area contributed by atoms with Crippen LogP contribution in [0.5, 0.6) is 0 Å². The van der Waals surface area contributed by atoms with Crippen LogP contribution in [0.2, 0.25) is 0 Å². The van der Waals surface area contributed by atoms with Crippen LogP contribution in [-0.2, 0) is 4.79 Å². The molecule has 18 heavy (non-hydrogen) atoms. The Morgan fingerprint density at radius 2 is 2.11 bits per heavy atom. The van der Waals surface area contributed by atoms with Crippen molar-refractivity contribution < 1.29 is 4.79 Å². The van der Waals surface area contributed by atoms with Crippen molar-refractivity contribution in [1.29, 1.82) is 0 Å². The summed E-state index contributed by atoms with van der Waals surface area (Å²) >= 11 is 0. The van der Waals surface area contributed by atoms with Crippen LogP contribution in [-0.4, -0.2) is 12.5 Å². The number of amides is 1. The van der Waals surface area contributed by atoms with Gasteiger partial charge in [0, 0.05) is 12.6 Å². The van der Waals surface area contributed by atoms with Crippen molar-refractivity contribution in [1.82, 2.24) is 5.32 Å². The van der Waals surface area contributed by atoms with Gasteiger partial charge in [0.05, 0.1) is 0 Å². The van der Waals surface area contributed by atoms with E-state index in [1.54, 1.807) is 0 Å². The molecule has 1 aliphatic carbocycles. The average molecular weight is 247 g/mol. The smallest absolute Gasteiger partial charge is 0.252 e. The summed E-state index contributed by atoms with van der Waals surface area (Å²) in [6.45, 7) is 11.3. The third kappa shape index (κ3) is 4.19. The molecule has 0 saturated heterocycles. The van der Waals surface area contributed by atoms with Gasteiger partial charge in [-0.05, 0) is 56.6 Å². The molecular formula is C16H25NO. The molecule has 0 fully saturated rings. The second-order valence-corrected chi connectivity index (χ2v) is 6.00. The zero-order chi connectivity index (χ0) is 13.8. The van der Waals surface area contributed by atoms with Crippen LogP contribution >= 0.6 is 0 Å². The van der Waals surface area contributed by atoms with Gasteiger partial charge < -0.3 is 5.32 Å². The van der Waals surface area contributed by atoms with Crippen LogP contribution in [0.15, 0.2) is 28.5 Å². The van der Waals surface area contributed by atoms with Gasteiger partial charge in [-0.15, -0.1) is 5.73 Å². The van der Waals surface area contributed by atoms with Crippen molar-refractivity contribution in [3.05, 3.63) is 28.5 Å². The first kappa shape index (κ1) is 14.8. The first-order chi connectivity index (χ1) is 8.33. The fourth-order valence-corrected chi connectivity index (χ4v) is 2.50. The van der Waals surface area contributed by atoms with E-state index in [9.17, 15) is 4.79 Å². The van der Waals surface area contributed by atoms with Crippen molar-refractivity contribution in [3.8, 4) is 0 Å². The first-order valence-corrected chi connectivity index (χ1v) is 6.70. The van der Waals surface area contributed by atoms with E-state index >= 15 is 0 Å². The molecule has 2 nitrogen and oxygen atoms in total. The lowest BCUT2D eigenvalue weighted by molar-refractivity contribution is -0.116. The van der Waals surface area contributed by atoms with E-state index in [1.807, 2.05) is 13.8 Å². The van der Waals surface area contributed by atoms with E-state index in [-0.39, 0.29) is 11.3 Å². The normalized spacial score (nSPS) is 18.1. The summed E-state index contributed by atoms with van der Waals surface area (Å²) in [6, 6.07) is 0. The van der Waals surface area contributed by atoms with Gasteiger partial charge in [-0.1, -0.05) is 19.4 Å². The zero-order valence-corrected chi connectivity index (χ0v) is 12.3. The van der Waals surface area contributed by atoms with Crippen LogP contribution < -0.4 is 5.32 Å². The molecule has 0 saturated carbocycles. The lowest BCUT2D eigenvalue weighted by atomic mass is 9.73. The minimum Gasteiger partial charge on any atom is -0.348 e. The van der Waals surface area contributed by atoms with Gasteiger partial charge >= 0.3 is 0 Å². The summed E-state index contributed by atoms with van der Waals surface area (Å²) < 4.78 is 0. The monoisotopic (exact) mass is 247 g/mol. The van der Waals surface area contributed by atoms with Gasteiger partial charge in [-0.2, -0.15) is 0 Å². The molecular weight excluding hydrogens is 222 g/mol. The van der Waals surface area contributed by atoms with Gasteiger partial charge in [-0.25, -0.2) is 0 Å². The molecule has 0 spiro atoms. The second kappa shape index (κ2) is 6.06. The zero-order valence-electron chi connectivity index (χ0n) is 12.3. The molecule has 0 aromatic heterocycles. The van der Waals surface area contributed by atoms with Crippen LogP contribution in [0.1, 0.15) is 53.9 Å². The van der Waals surface area contributed by atoms with Crippen molar-refractivity contribution in [3.63, 3.8) is 0 Å². The average Bonchev–Trinajstić information content (AvgIpc) is 2.24. The summed E-state index contributed by atoms with van der Waals surface area (Å²) in [5, 5.41) is 2.97. The molecule has 0 heterocycles. The summed E-state index contributed by atoms with van der Waals surface area (Å²) in [4.78, 5) is 11.6. The minimum atomic E-state index is -0.0575. The highest BCUT2D eigenvalue weighted by molar-refractivity contribution is 5.87. The third-order valence-corrected chi connectivity index (χ3v) is 3.62. The number of allylic oxidation sites excluding steroid dienone is 1. The Balaban J connectivity index is 2.68. The van der Waals surface area contributed by atoms with Gasteiger partial charge in [-0.3, -0.25) is 4.79 Å². The molecule has 1 rings (SSSR count). The Bertz CT molecular complexity index is 416. The highest BCUT2D eigenvalue weighted by Gasteiger charge is 2.28. The maximum atomic E-state index is 11.6. The molecule has 0 bridgehead atoms. The first-order valence-electron chi connectivity index (χ1n) is 6.70. The topological polar surface area (TPSA) is 29.1 Å². The molecule has 0 aromatic carbocycles. The fraction of sp³-hybridized carbons (Fsp3) is 0.625. The molecule has 2 heteroatoms. The van der Waals surface area contributed by atoms with E-state index in [0.29, 0.717) is 6.54 Å². The van der Waals surface area contributed by atoms with Crippen LogP contribution in [0.25, 0.3) is 0 Å². The molecule has 0 aromatic rings. The molecule has 1 amide bonds. The summed E-state index contributed by atoms with van der Waals surface area (Å²) in [5.74, 6) is -0.0575. The quantitative estimate of drug-likeness (QED) is 0.459. The lowest BCUT2D eigenvalue weighted by Crippen LogP contribution is -2.31. The van der Waals surface area contributed by atoms with Crippen molar-refractivity contribution in [2.24, 2.45) is 5.41 Å². The summed E-state index contributed by atoms with van der Waals surface area (Å²) in [5.41, 5.74) is 7.00. The van der Waals surface area contributed by atoms with E-state index in [4.69, 9.17) is 0 Å². The Morgan fingerprint density at radius 1 is 1.44 bits per heavy atom. The van der Waals surface area contributed by atoms with E-state index < -0.39 is 0 Å². The highest BCUT2D eigenvalue weighted by Crippen LogP contribution is 2.39. The fourth-order valence-electron chi connectivity index (χ4n) is 2.50. The number of carbonyl (C=O) groups is 1. The predicted molar refractivity (Wildman–Crippen MR) is 76.3 cm³/mol. The molecule has 0 radical (unpaired) electrons. The number of hydrogen-bond acceptors (Lipinski definition) is 1. The Hall–Kier alpha value is -1.27. The lowest BCUT2D eigenvalue weighted by Gasteiger charge is -2.34. The number of carbonyl (C=O) groups excluding carboxylic acids is 1. The van der Waals surface area contributed by atoms with E-state index in [2.05, 4.69) is 31.8 Å². The maximum Gasteiger partial charge on any atom is 0.252 e. The van der Waals surface area contributed by atoms with Crippen LogP contribution in [0.3, 0.4) is 0 Å². The number of nitrogens with one attached hydrogen (secondary N) is 1. The van der Waals surface area contributed by atoms with E-state index in [1.165, 1.54) is 36.5 Å². The SMILES string of the molecule is CC(C)=C=CC(=O)NCC1=C(C)CCCC1(C)C. The largest absolute Gasteiger partial charge is 0.348 e. The Morgan fingerprint density at radius 3 is 2.67 bits per heavy atom. The second-order valence-electron chi connectivity index (χ2n) is 6.00. The highest BCUT2D eigenvalue weighted by atomic mass is 16.1. The van der Waals surface area contributed by atoms with Crippen molar-refractivity contribution in [2.45, 2.75) is 53.9 Å². The molecule has 1 N–H and O–H groups in total. The third-order valence-electron chi connectivity index (χ3n) is 3.62. The van der Waals surface area contributed by atoms with Crippen molar-refractivity contribution >= 4 is 5.91 Å². The molecule has 0 aliphatic heterocycles. The molecule has 1 aliphatic rings. The molecule has 0 atom stereocenters. The molecule has 0 unspecified atom stereocenters. The summed E-state index contributed by atoms with van der Waals surface area (Å²) in [7, 11) is 0. The summed E-state index contributed by atoms with van der Waals surface area (Å²) in [6.07, 6.45) is 5.12.